The molecule has 0 radical (unpaired) electrons. The number of rotatable bonds is 4. The number of carbonyl (C=O) groups is 1. The first-order chi connectivity index (χ1) is 8.63. The Labute approximate surface area is 106 Å². The van der Waals surface area contributed by atoms with Gasteiger partial charge in [-0.05, 0) is 19.1 Å². The minimum Gasteiger partial charge on any atom is -0.497 e. The molecule has 0 fully saturated rings. The van der Waals surface area contributed by atoms with Crippen LogP contribution in [-0.2, 0) is 11.2 Å². The molecule has 4 heteroatoms. The standard InChI is InChI=1S/C14H15NO3/c1-9(16)6-11-5-4-10-7-12(17-2)8-13(18-3)14(10)15-11/h4-5,7-8H,6H2,1-3H3. The maximum absolute atomic E-state index is 11.1. The van der Waals surface area contributed by atoms with Gasteiger partial charge in [0.1, 0.15) is 22.8 Å². The van der Waals surface area contributed by atoms with Gasteiger partial charge in [0.2, 0.25) is 0 Å². The Morgan fingerprint density at radius 2 is 2.00 bits per heavy atom. The minimum atomic E-state index is 0.0920. The lowest BCUT2D eigenvalue weighted by molar-refractivity contribution is -0.116. The number of ether oxygens (including phenoxy) is 2. The summed E-state index contributed by atoms with van der Waals surface area (Å²) < 4.78 is 10.5. The number of carbonyl (C=O) groups excluding carboxylic acids is 1. The number of hydrogen-bond donors (Lipinski definition) is 0. The molecule has 18 heavy (non-hydrogen) atoms. The van der Waals surface area contributed by atoms with Crippen molar-refractivity contribution in [2.24, 2.45) is 0 Å². The Morgan fingerprint density at radius 1 is 1.22 bits per heavy atom. The summed E-state index contributed by atoms with van der Waals surface area (Å²) in [6.45, 7) is 1.55. The van der Waals surface area contributed by atoms with Gasteiger partial charge in [-0.15, -0.1) is 0 Å². The molecular weight excluding hydrogens is 230 g/mol. The molecule has 0 N–H and O–H groups in total. The van der Waals surface area contributed by atoms with Crippen LogP contribution in [0.25, 0.3) is 10.9 Å². The van der Waals surface area contributed by atoms with Gasteiger partial charge in [0.25, 0.3) is 0 Å². The first kappa shape index (κ1) is 12.4. The molecule has 0 bridgehead atoms. The molecule has 0 unspecified atom stereocenters. The van der Waals surface area contributed by atoms with E-state index in [0.29, 0.717) is 12.2 Å². The summed E-state index contributed by atoms with van der Waals surface area (Å²) in [6, 6.07) is 7.45. The number of hydrogen-bond acceptors (Lipinski definition) is 4. The molecule has 94 valence electrons. The van der Waals surface area contributed by atoms with Gasteiger partial charge in [-0.1, -0.05) is 6.07 Å². The second-order valence-corrected chi connectivity index (χ2v) is 4.08. The van der Waals surface area contributed by atoms with Gasteiger partial charge in [0.15, 0.2) is 0 Å². The highest BCUT2D eigenvalue weighted by Crippen LogP contribution is 2.29. The Hall–Kier alpha value is -2.10. The summed E-state index contributed by atoms with van der Waals surface area (Å²) in [6.07, 6.45) is 0.338. The second-order valence-electron chi connectivity index (χ2n) is 4.08. The van der Waals surface area contributed by atoms with E-state index in [2.05, 4.69) is 4.98 Å². The summed E-state index contributed by atoms with van der Waals surface area (Å²) in [7, 11) is 3.20. The second kappa shape index (κ2) is 5.04. The number of aromatic nitrogens is 1. The zero-order chi connectivity index (χ0) is 13.1. The third-order valence-electron chi connectivity index (χ3n) is 2.67. The lowest BCUT2D eigenvalue weighted by atomic mass is 10.1. The molecule has 0 aliphatic heterocycles. The van der Waals surface area contributed by atoms with Crippen LogP contribution >= 0.6 is 0 Å². The first-order valence-corrected chi connectivity index (χ1v) is 5.65. The molecule has 1 aromatic heterocycles. The average molecular weight is 245 g/mol. The Morgan fingerprint density at radius 3 is 2.61 bits per heavy atom. The van der Waals surface area contributed by atoms with Crippen LogP contribution in [0.1, 0.15) is 12.6 Å². The van der Waals surface area contributed by atoms with E-state index in [1.807, 2.05) is 18.2 Å². The lowest BCUT2D eigenvalue weighted by Crippen LogP contribution is -2.00. The number of fused-ring (bicyclic) bond motifs is 1. The molecule has 0 saturated carbocycles. The van der Waals surface area contributed by atoms with Gasteiger partial charge in [-0.3, -0.25) is 4.79 Å². The van der Waals surface area contributed by atoms with Gasteiger partial charge in [0.05, 0.1) is 14.2 Å². The highest BCUT2D eigenvalue weighted by atomic mass is 16.5. The van der Waals surface area contributed by atoms with E-state index >= 15 is 0 Å². The van der Waals surface area contributed by atoms with E-state index < -0.39 is 0 Å². The van der Waals surface area contributed by atoms with Crippen molar-refractivity contribution in [2.45, 2.75) is 13.3 Å². The molecule has 0 amide bonds. The van der Waals surface area contributed by atoms with E-state index in [1.165, 1.54) is 0 Å². The maximum atomic E-state index is 11.1. The van der Waals surface area contributed by atoms with Crippen molar-refractivity contribution >= 4 is 16.7 Å². The summed E-state index contributed by atoms with van der Waals surface area (Å²) in [5.41, 5.74) is 1.50. The highest BCUT2D eigenvalue weighted by Gasteiger charge is 2.08. The number of pyridine rings is 1. The average Bonchev–Trinajstić information content (AvgIpc) is 2.36. The number of ketones is 1. The van der Waals surface area contributed by atoms with Crippen molar-refractivity contribution in [2.75, 3.05) is 14.2 Å². The van der Waals surface area contributed by atoms with Crippen molar-refractivity contribution < 1.29 is 14.3 Å². The van der Waals surface area contributed by atoms with Crippen molar-refractivity contribution in [1.82, 2.24) is 4.98 Å². The fourth-order valence-corrected chi connectivity index (χ4v) is 1.84. The normalized spacial score (nSPS) is 10.4. The van der Waals surface area contributed by atoms with Gasteiger partial charge < -0.3 is 9.47 Å². The topological polar surface area (TPSA) is 48.4 Å². The summed E-state index contributed by atoms with van der Waals surface area (Å²) in [5.74, 6) is 1.46. The molecule has 0 saturated heterocycles. The first-order valence-electron chi connectivity index (χ1n) is 5.65. The van der Waals surface area contributed by atoms with Crippen LogP contribution in [0.2, 0.25) is 0 Å². The van der Waals surface area contributed by atoms with Crippen LogP contribution in [0.3, 0.4) is 0 Å². The van der Waals surface area contributed by atoms with Gasteiger partial charge in [-0.2, -0.15) is 0 Å². The van der Waals surface area contributed by atoms with Gasteiger partial charge >= 0.3 is 0 Å². The van der Waals surface area contributed by atoms with Crippen molar-refractivity contribution in [3.05, 3.63) is 30.0 Å². The van der Waals surface area contributed by atoms with Crippen LogP contribution in [-0.4, -0.2) is 25.0 Å². The van der Waals surface area contributed by atoms with Crippen molar-refractivity contribution in [1.29, 1.82) is 0 Å². The van der Waals surface area contributed by atoms with Crippen LogP contribution in [0, 0.1) is 0 Å². The molecule has 0 aliphatic rings. The van der Waals surface area contributed by atoms with E-state index in [1.54, 1.807) is 27.2 Å². The van der Waals surface area contributed by atoms with E-state index in [4.69, 9.17) is 9.47 Å². The number of nitrogens with zero attached hydrogens (tertiary/aromatic N) is 1. The summed E-state index contributed by atoms with van der Waals surface area (Å²) >= 11 is 0. The zero-order valence-electron chi connectivity index (χ0n) is 10.7. The molecule has 2 rings (SSSR count). The molecular formula is C14H15NO3. The Kier molecular flexibility index (Phi) is 3.46. The Balaban J connectivity index is 2.57. The molecule has 4 nitrogen and oxygen atoms in total. The van der Waals surface area contributed by atoms with Gasteiger partial charge in [-0.25, -0.2) is 4.98 Å². The molecule has 0 aliphatic carbocycles. The number of methoxy groups -OCH3 is 2. The van der Waals surface area contributed by atoms with E-state index in [9.17, 15) is 4.79 Å². The summed E-state index contributed by atoms with van der Waals surface area (Å²) in [5, 5.41) is 0.929. The Bertz CT molecular complexity index is 593. The van der Waals surface area contributed by atoms with Crippen LogP contribution < -0.4 is 9.47 Å². The molecule has 1 heterocycles. The monoisotopic (exact) mass is 245 g/mol. The van der Waals surface area contributed by atoms with Crippen LogP contribution in [0.4, 0.5) is 0 Å². The quantitative estimate of drug-likeness (QED) is 0.829. The molecule has 1 aromatic carbocycles. The molecule has 2 aromatic rings. The van der Waals surface area contributed by atoms with Gasteiger partial charge in [0, 0.05) is 23.6 Å². The van der Waals surface area contributed by atoms with E-state index in [0.717, 1.165) is 22.3 Å². The SMILES string of the molecule is COc1cc(OC)c2nc(CC(C)=O)ccc2c1. The third-order valence-corrected chi connectivity index (χ3v) is 2.67. The lowest BCUT2D eigenvalue weighted by Gasteiger charge is -2.09. The predicted molar refractivity (Wildman–Crippen MR) is 69.2 cm³/mol. The van der Waals surface area contributed by atoms with Crippen molar-refractivity contribution in [3.63, 3.8) is 0 Å². The minimum absolute atomic E-state index is 0.0920. The predicted octanol–water partition coefficient (Wildman–Crippen LogP) is 2.38. The highest BCUT2D eigenvalue weighted by molar-refractivity contribution is 5.87. The van der Waals surface area contributed by atoms with Crippen molar-refractivity contribution in [3.8, 4) is 11.5 Å². The molecule has 0 spiro atoms. The zero-order valence-corrected chi connectivity index (χ0v) is 10.7. The third kappa shape index (κ3) is 2.42. The largest absolute Gasteiger partial charge is 0.497 e. The smallest absolute Gasteiger partial charge is 0.148 e. The number of Topliss-reactive ketones (excluding diaryl/α,β-unsaturated/α-hetero) is 1. The van der Waals surface area contributed by atoms with Crippen LogP contribution in [0.5, 0.6) is 11.5 Å². The number of benzene rings is 1. The maximum Gasteiger partial charge on any atom is 0.148 e. The fraction of sp³-hybridized carbons (Fsp3) is 0.286. The fourth-order valence-electron chi connectivity index (χ4n) is 1.84. The van der Waals surface area contributed by atoms with E-state index in [-0.39, 0.29) is 5.78 Å². The summed E-state index contributed by atoms with van der Waals surface area (Å²) in [4.78, 5) is 15.6. The molecule has 0 atom stereocenters. The van der Waals surface area contributed by atoms with Crippen LogP contribution in [0.15, 0.2) is 24.3 Å².